The second-order valence-corrected chi connectivity index (χ2v) is 8.57. The van der Waals surface area contributed by atoms with Crippen LogP contribution in [0.1, 0.15) is 12.1 Å². The third-order valence-electron chi connectivity index (χ3n) is 3.56. The number of sulfonamides is 1. The zero-order valence-electron chi connectivity index (χ0n) is 14.2. The van der Waals surface area contributed by atoms with E-state index < -0.39 is 10.0 Å². The molecule has 142 valence electrons. The molecule has 2 heterocycles. The van der Waals surface area contributed by atoms with Gasteiger partial charge in [0, 0.05) is 36.4 Å². The van der Waals surface area contributed by atoms with Gasteiger partial charge in [-0.1, -0.05) is 11.6 Å². The molecule has 0 saturated carbocycles. The maximum absolute atomic E-state index is 12.3. The Hall–Kier alpha value is -2.43. The number of nitrogens with zero attached hydrogens (tertiary/aromatic N) is 3. The molecule has 0 unspecified atom stereocenters. The molecular weight excluding hydrogens is 410 g/mol. The maximum atomic E-state index is 12.3. The molecular formula is C16H16ClN5O3S2. The zero-order valence-corrected chi connectivity index (χ0v) is 16.6. The van der Waals surface area contributed by atoms with Gasteiger partial charge in [0.2, 0.25) is 5.91 Å². The van der Waals surface area contributed by atoms with Crippen LogP contribution in [0.15, 0.2) is 46.9 Å². The Morgan fingerprint density at radius 3 is 2.63 bits per heavy atom. The number of hydrogen-bond acceptors (Lipinski definition) is 6. The SMILES string of the molecule is Cc1nn(CCC(=O)Nc2ccc(S(=O)(=O)Nc3nccs3)cc2)cc1Cl. The molecule has 0 radical (unpaired) electrons. The monoisotopic (exact) mass is 425 g/mol. The van der Waals surface area contributed by atoms with E-state index in [4.69, 9.17) is 11.6 Å². The quantitative estimate of drug-likeness (QED) is 0.604. The molecule has 2 N–H and O–H groups in total. The molecule has 0 atom stereocenters. The van der Waals surface area contributed by atoms with Crippen LogP contribution in [-0.4, -0.2) is 29.1 Å². The van der Waals surface area contributed by atoms with Crippen LogP contribution in [0.2, 0.25) is 5.02 Å². The van der Waals surface area contributed by atoms with E-state index in [1.165, 1.54) is 41.8 Å². The third kappa shape index (κ3) is 5.06. The number of benzene rings is 1. The van der Waals surface area contributed by atoms with Crippen molar-refractivity contribution < 1.29 is 13.2 Å². The Kier molecular flexibility index (Phi) is 5.78. The van der Waals surface area contributed by atoms with Crippen LogP contribution < -0.4 is 10.0 Å². The molecule has 2 aromatic heterocycles. The van der Waals surface area contributed by atoms with E-state index in [1.807, 2.05) is 0 Å². The van der Waals surface area contributed by atoms with Crippen molar-refractivity contribution in [3.63, 3.8) is 0 Å². The smallest absolute Gasteiger partial charge is 0.263 e. The van der Waals surface area contributed by atoms with Crippen LogP contribution in [0.4, 0.5) is 10.8 Å². The van der Waals surface area contributed by atoms with E-state index in [0.29, 0.717) is 28.1 Å². The number of aryl methyl sites for hydroxylation is 2. The number of aromatic nitrogens is 3. The van der Waals surface area contributed by atoms with E-state index in [-0.39, 0.29) is 17.2 Å². The minimum Gasteiger partial charge on any atom is -0.326 e. The van der Waals surface area contributed by atoms with Gasteiger partial charge in [0.25, 0.3) is 10.0 Å². The van der Waals surface area contributed by atoms with Crippen LogP contribution in [0.25, 0.3) is 0 Å². The first-order valence-electron chi connectivity index (χ1n) is 7.85. The molecule has 3 rings (SSSR count). The number of rotatable bonds is 7. The lowest BCUT2D eigenvalue weighted by atomic mass is 10.3. The van der Waals surface area contributed by atoms with Crippen LogP contribution in [-0.2, 0) is 21.4 Å². The van der Waals surface area contributed by atoms with Gasteiger partial charge in [-0.25, -0.2) is 13.4 Å². The van der Waals surface area contributed by atoms with Gasteiger partial charge in [0.05, 0.1) is 15.6 Å². The lowest BCUT2D eigenvalue weighted by Crippen LogP contribution is -2.15. The number of amides is 1. The fraction of sp³-hybridized carbons (Fsp3) is 0.188. The summed E-state index contributed by atoms with van der Waals surface area (Å²) in [7, 11) is -3.72. The maximum Gasteiger partial charge on any atom is 0.263 e. The number of thiazole rings is 1. The molecule has 3 aromatic rings. The summed E-state index contributed by atoms with van der Waals surface area (Å²) in [6.07, 6.45) is 3.39. The fourth-order valence-corrected chi connectivity index (χ4v) is 4.15. The predicted molar refractivity (Wildman–Crippen MR) is 105 cm³/mol. The minimum absolute atomic E-state index is 0.0809. The number of carbonyl (C=O) groups excluding carboxylic acids is 1. The summed E-state index contributed by atoms with van der Waals surface area (Å²) in [5.41, 5.74) is 1.21. The number of halogens is 1. The van der Waals surface area contributed by atoms with Crippen molar-refractivity contribution in [2.75, 3.05) is 10.0 Å². The summed E-state index contributed by atoms with van der Waals surface area (Å²) < 4.78 is 28.5. The molecule has 1 aromatic carbocycles. The number of carbonyl (C=O) groups is 1. The molecule has 27 heavy (non-hydrogen) atoms. The number of anilines is 2. The molecule has 0 fully saturated rings. The Labute approximate surface area is 165 Å². The van der Waals surface area contributed by atoms with Gasteiger partial charge in [0.1, 0.15) is 0 Å². The normalized spacial score (nSPS) is 11.3. The zero-order chi connectivity index (χ0) is 19.4. The second kappa shape index (κ2) is 8.07. The van der Waals surface area contributed by atoms with Gasteiger partial charge >= 0.3 is 0 Å². The van der Waals surface area contributed by atoms with Crippen molar-refractivity contribution in [2.24, 2.45) is 0 Å². The van der Waals surface area contributed by atoms with E-state index in [0.717, 1.165) is 0 Å². The van der Waals surface area contributed by atoms with Crippen LogP contribution >= 0.6 is 22.9 Å². The molecule has 1 amide bonds. The van der Waals surface area contributed by atoms with Crippen LogP contribution in [0.5, 0.6) is 0 Å². The van der Waals surface area contributed by atoms with Crippen molar-refractivity contribution >= 4 is 49.7 Å². The van der Waals surface area contributed by atoms with Crippen LogP contribution in [0, 0.1) is 6.92 Å². The van der Waals surface area contributed by atoms with Gasteiger partial charge in [0.15, 0.2) is 5.13 Å². The number of nitrogens with one attached hydrogen (secondary N) is 2. The van der Waals surface area contributed by atoms with E-state index in [9.17, 15) is 13.2 Å². The van der Waals surface area contributed by atoms with Gasteiger partial charge in [-0.05, 0) is 31.2 Å². The molecule has 0 aliphatic heterocycles. The molecule has 0 saturated heterocycles. The largest absolute Gasteiger partial charge is 0.326 e. The summed E-state index contributed by atoms with van der Waals surface area (Å²) >= 11 is 7.12. The Morgan fingerprint density at radius 2 is 2.04 bits per heavy atom. The van der Waals surface area contributed by atoms with Crippen molar-refractivity contribution in [3.8, 4) is 0 Å². The summed E-state index contributed by atoms with van der Waals surface area (Å²) in [5.74, 6) is -0.212. The molecule has 0 aliphatic rings. The topological polar surface area (TPSA) is 106 Å². The van der Waals surface area contributed by atoms with Crippen LogP contribution in [0.3, 0.4) is 0 Å². The first kappa shape index (κ1) is 19.3. The standard InChI is InChI=1S/C16H16ClN5O3S2/c1-11-14(17)10-22(20-11)8-6-15(23)19-12-2-4-13(5-3-12)27(24,25)21-16-18-7-9-26-16/h2-5,7,9-10H,6,8H2,1H3,(H,18,21)(H,19,23). The summed E-state index contributed by atoms with van der Waals surface area (Å²) in [5, 5.41) is 9.43. The predicted octanol–water partition coefficient (Wildman–Crippen LogP) is 3.13. The second-order valence-electron chi connectivity index (χ2n) is 5.59. The van der Waals surface area contributed by atoms with E-state index in [1.54, 1.807) is 23.2 Å². The van der Waals surface area contributed by atoms with Crippen molar-refractivity contribution in [1.29, 1.82) is 0 Å². The van der Waals surface area contributed by atoms with Crippen molar-refractivity contribution in [1.82, 2.24) is 14.8 Å². The molecule has 11 heteroatoms. The van der Waals surface area contributed by atoms with Gasteiger partial charge in [-0.2, -0.15) is 5.10 Å². The first-order valence-corrected chi connectivity index (χ1v) is 10.6. The lowest BCUT2D eigenvalue weighted by molar-refractivity contribution is -0.116. The van der Waals surface area contributed by atoms with Crippen molar-refractivity contribution in [2.45, 2.75) is 24.8 Å². The highest BCUT2D eigenvalue weighted by molar-refractivity contribution is 7.93. The Bertz CT molecular complexity index is 1010. The van der Waals surface area contributed by atoms with Gasteiger partial charge < -0.3 is 5.32 Å². The fourth-order valence-electron chi connectivity index (χ4n) is 2.21. The summed E-state index contributed by atoms with van der Waals surface area (Å²) in [4.78, 5) is 16.0. The van der Waals surface area contributed by atoms with E-state index >= 15 is 0 Å². The van der Waals surface area contributed by atoms with E-state index in [2.05, 4.69) is 20.1 Å². The molecule has 0 bridgehead atoms. The summed E-state index contributed by atoms with van der Waals surface area (Å²) in [6.45, 7) is 2.18. The highest BCUT2D eigenvalue weighted by Gasteiger charge is 2.15. The highest BCUT2D eigenvalue weighted by atomic mass is 35.5. The average Bonchev–Trinajstić information content (AvgIpc) is 3.23. The lowest BCUT2D eigenvalue weighted by Gasteiger charge is -2.08. The molecule has 8 nitrogen and oxygen atoms in total. The van der Waals surface area contributed by atoms with Gasteiger partial charge in [-0.3, -0.25) is 14.2 Å². The molecule has 0 spiro atoms. The Balaban J connectivity index is 1.57. The number of hydrogen-bond donors (Lipinski definition) is 2. The van der Waals surface area contributed by atoms with Gasteiger partial charge in [-0.15, -0.1) is 11.3 Å². The van der Waals surface area contributed by atoms with Crippen molar-refractivity contribution in [3.05, 3.63) is 52.8 Å². The highest BCUT2D eigenvalue weighted by Crippen LogP contribution is 2.19. The average molecular weight is 426 g/mol. The summed E-state index contributed by atoms with van der Waals surface area (Å²) in [6, 6.07) is 5.90. The Morgan fingerprint density at radius 1 is 1.30 bits per heavy atom. The minimum atomic E-state index is -3.72. The first-order chi connectivity index (χ1) is 12.8. The third-order valence-corrected chi connectivity index (χ3v) is 6.10. The molecule has 0 aliphatic carbocycles.